The molecule has 0 saturated heterocycles. The molecule has 0 unspecified atom stereocenters. The minimum Gasteiger partial charge on any atom is -0.376 e. The van der Waals surface area contributed by atoms with E-state index in [4.69, 9.17) is 4.52 Å². The van der Waals surface area contributed by atoms with Crippen LogP contribution in [-0.4, -0.2) is 5.16 Å². The van der Waals surface area contributed by atoms with E-state index < -0.39 is 0 Å². The van der Waals surface area contributed by atoms with Crippen molar-refractivity contribution in [3.8, 4) is 0 Å². The number of aromatic nitrogens is 1. The van der Waals surface area contributed by atoms with Crippen LogP contribution >= 0.6 is 11.3 Å². The zero-order chi connectivity index (χ0) is 9.97. The van der Waals surface area contributed by atoms with Gasteiger partial charge < -0.3 is 9.84 Å². The highest BCUT2D eigenvalue weighted by Gasteiger charge is 2.02. The summed E-state index contributed by atoms with van der Waals surface area (Å²) in [5.74, 6) is 0.832. The van der Waals surface area contributed by atoms with Crippen LogP contribution in [0.5, 0.6) is 0 Å². The van der Waals surface area contributed by atoms with Gasteiger partial charge in [-0.2, -0.15) is 0 Å². The van der Waals surface area contributed by atoms with Crippen molar-refractivity contribution < 1.29 is 4.52 Å². The third kappa shape index (κ3) is 1.96. The molecule has 4 heteroatoms. The van der Waals surface area contributed by atoms with E-state index in [-0.39, 0.29) is 0 Å². The Morgan fingerprint density at radius 1 is 1.43 bits per heavy atom. The maximum atomic E-state index is 4.95. The van der Waals surface area contributed by atoms with Crippen LogP contribution in [0.25, 0.3) is 0 Å². The minimum absolute atomic E-state index is 0.832. The van der Waals surface area contributed by atoms with Crippen molar-refractivity contribution in [3.63, 3.8) is 0 Å². The van der Waals surface area contributed by atoms with Crippen LogP contribution in [-0.2, 0) is 6.54 Å². The SMILES string of the molecule is Cc1ccc(CNc2cnoc2C)s1. The molecule has 0 aromatic carbocycles. The summed E-state index contributed by atoms with van der Waals surface area (Å²) < 4.78 is 4.95. The molecule has 2 heterocycles. The van der Waals surface area contributed by atoms with E-state index in [1.54, 1.807) is 17.5 Å². The molecule has 0 fully saturated rings. The van der Waals surface area contributed by atoms with E-state index in [1.807, 2.05) is 6.92 Å². The summed E-state index contributed by atoms with van der Waals surface area (Å²) in [6.45, 7) is 4.84. The molecule has 2 aromatic rings. The van der Waals surface area contributed by atoms with Gasteiger partial charge in [-0.3, -0.25) is 0 Å². The first-order valence-electron chi connectivity index (χ1n) is 4.46. The first-order chi connectivity index (χ1) is 6.75. The molecule has 1 N–H and O–H groups in total. The zero-order valence-electron chi connectivity index (χ0n) is 8.20. The molecule has 2 rings (SSSR count). The molecule has 3 nitrogen and oxygen atoms in total. The van der Waals surface area contributed by atoms with Crippen molar-refractivity contribution in [2.24, 2.45) is 0 Å². The topological polar surface area (TPSA) is 38.1 Å². The van der Waals surface area contributed by atoms with E-state index in [9.17, 15) is 0 Å². The summed E-state index contributed by atoms with van der Waals surface area (Å²) >= 11 is 1.80. The fourth-order valence-corrected chi connectivity index (χ4v) is 2.06. The van der Waals surface area contributed by atoms with Gasteiger partial charge in [0, 0.05) is 16.3 Å². The number of nitrogens with zero attached hydrogens (tertiary/aromatic N) is 1. The average molecular weight is 208 g/mol. The normalized spacial score (nSPS) is 10.4. The summed E-state index contributed by atoms with van der Waals surface area (Å²) in [6, 6.07) is 4.26. The molecule has 0 aliphatic heterocycles. The number of nitrogens with one attached hydrogen (secondary N) is 1. The molecule has 0 spiro atoms. The molecule has 0 amide bonds. The molecule has 0 radical (unpaired) electrons. The maximum Gasteiger partial charge on any atom is 0.156 e. The number of anilines is 1. The van der Waals surface area contributed by atoms with Gasteiger partial charge in [-0.25, -0.2) is 0 Å². The van der Waals surface area contributed by atoms with E-state index in [2.05, 4.69) is 29.5 Å². The van der Waals surface area contributed by atoms with Crippen molar-refractivity contribution in [2.45, 2.75) is 20.4 Å². The zero-order valence-corrected chi connectivity index (χ0v) is 9.02. The quantitative estimate of drug-likeness (QED) is 0.842. The number of thiophene rings is 1. The van der Waals surface area contributed by atoms with Gasteiger partial charge in [0.1, 0.15) is 0 Å². The van der Waals surface area contributed by atoms with Crippen molar-refractivity contribution in [3.05, 3.63) is 33.8 Å². The van der Waals surface area contributed by atoms with Gasteiger partial charge in [0.25, 0.3) is 0 Å². The molecule has 0 saturated carbocycles. The second-order valence-electron chi connectivity index (χ2n) is 3.16. The highest BCUT2D eigenvalue weighted by molar-refractivity contribution is 7.11. The smallest absolute Gasteiger partial charge is 0.156 e. The Morgan fingerprint density at radius 3 is 2.86 bits per heavy atom. The third-order valence-electron chi connectivity index (χ3n) is 2.00. The van der Waals surface area contributed by atoms with Crippen LogP contribution in [0.15, 0.2) is 22.9 Å². The van der Waals surface area contributed by atoms with Crippen molar-refractivity contribution >= 4 is 17.0 Å². The molecule has 0 aliphatic carbocycles. The summed E-state index contributed by atoms with van der Waals surface area (Å²) in [7, 11) is 0. The van der Waals surface area contributed by atoms with E-state index in [1.165, 1.54) is 9.75 Å². The number of hydrogen-bond acceptors (Lipinski definition) is 4. The Balaban J connectivity index is 1.98. The Labute approximate surface area is 86.7 Å². The lowest BCUT2D eigenvalue weighted by molar-refractivity contribution is 0.398. The van der Waals surface area contributed by atoms with Crippen LogP contribution in [0.4, 0.5) is 5.69 Å². The molecule has 0 aliphatic rings. The van der Waals surface area contributed by atoms with Gasteiger partial charge in [0.15, 0.2) is 5.76 Å². The highest BCUT2D eigenvalue weighted by atomic mass is 32.1. The Kier molecular flexibility index (Phi) is 2.54. The van der Waals surface area contributed by atoms with E-state index in [0.29, 0.717) is 0 Å². The Morgan fingerprint density at radius 2 is 2.29 bits per heavy atom. The lowest BCUT2D eigenvalue weighted by Gasteiger charge is -2.00. The summed E-state index contributed by atoms with van der Waals surface area (Å²) in [6.07, 6.45) is 1.70. The highest BCUT2D eigenvalue weighted by Crippen LogP contribution is 2.18. The fraction of sp³-hybridized carbons (Fsp3) is 0.300. The fourth-order valence-electron chi connectivity index (χ4n) is 1.23. The number of hydrogen-bond donors (Lipinski definition) is 1. The van der Waals surface area contributed by atoms with Gasteiger partial charge in [-0.15, -0.1) is 11.3 Å². The van der Waals surface area contributed by atoms with Gasteiger partial charge in [0.2, 0.25) is 0 Å². The summed E-state index contributed by atoms with van der Waals surface area (Å²) in [5, 5.41) is 6.98. The first-order valence-corrected chi connectivity index (χ1v) is 5.28. The minimum atomic E-state index is 0.832. The summed E-state index contributed by atoms with van der Waals surface area (Å²) in [5.41, 5.74) is 0.969. The largest absolute Gasteiger partial charge is 0.376 e. The number of rotatable bonds is 3. The van der Waals surface area contributed by atoms with E-state index in [0.717, 1.165) is 18.0 Å². The predicted octanol–water partition coefficient (Wildman–Crippen LogP) is 2.97. The van der Waals surface area contributed by atoms with Crippen LogP contribution in [0.2, 0.25) is 0 Å². The van der Waals surface area contributed by atoms with Crippen LogP contribution in [0, 0.1) is 13.8 Å². The van der Waals surface area contributed by atoms with Crippen LogP contribution < -0.4 is 5.32 Å². The van der Waals surface area contributed by atoms with Gasteiger partial charge in [-0.1, -0.05) is 5.16 Å². The van der Waals surface area contributed by atoms with Crippen LogP contribution in [0.3, 0.4) is 0 Å². The standard InChI is InChI=1S/C10H12N2OS/c1-7-3-4-9(14-7)5-11-10-6-12-13-8(10)2/h3-4,6,11H,5H2,1-2H3. The molecular weight excluding hydrogens is 196 g/mol. The lowest BCUT2D eigenvalue weighted by atomic mass is 10.4. The summed E-state index contributed by atoms with van der Waals surface area (Å²) in [4.78, 5) is 2.66. The van der Waals surface area contributed by atoms with Crippen molar-refractivity contribution in [1.29, 1.82) is 0 Å². The predicted molar refractivity (Wildman–Crippen MR) is 57.6 cm³/mol. The van der Waals surface area contributed by atoms with Crippen molar-refractivity contribution in [2.75, 3.05) is 5.32 Å². The second kappa shape index (κ2) is 3.84. The monoisotopic (exact) mass is 208 g/mol. The molecule has 0 bridgehead atoms. The molecule has 74 valence electrons. The third-order valence-corrected chi connectivity index (χ3v) is 3.00. The van der Waals surface area contributed by atoms with Crippen molar-refractivity contribution in [1.82, 2.24) is 5.16 Å². The lowest BCUT2D eigenvalue weighted by Crippen LogP contribution is -1.96. The first kappa shape index (κ1) is 9.27. The molecular formula is C10H12N2OS. The second-order valence-corrected chi connectivity index (χ2v) is 4.53. The van der Waals surface area contributed by atoms with Gasteiger partial charge in [-0.05, 0) is 26.0 Å². The van der Waals surface area contributed by atoms with E-state index >= 15 is 0 Å². The Bertz CT molecular complexity index is 419. The molecule has 0 atom stereocenters. The number of aryl methyl sites for hydroxylation is 2. The molecule has 2 aromatic heterocycles. The van der Waals surface area contributed by atoms with Gasteiger partial charge >= 0.3 is 0 Å². The van der Waals surface area contributed by atoms with Crippen LogP contribution in [0.1, 0.15) is 15.5 Å². The van der Waals surface area contributed by atoms with Gasteiger partial charge in [0.05, 0.1) is 11.9 Å². The molecule has 14 heavy (non-hydrogen) atoms. The Hall–Kier alpha value is -1.29. The maximum absolute atomic E-state index is 4.95. The average Bonchev–Trinajstić information content (AvgIpc) is 2.72.